The highest BCUT2D eigenvalue weighted by Crippen LogP contribution is 2.31. The Morgan fingerprint density at radius 1 is 1.07 bits per heavy atom. The molecule has 2 aromatic heterocycles. The average molecular weight is 442 g/mol. The molecule has 1 N–H and O–H groups in total. The van der Waals surface area contributed by atoms with E-state index in [1.807, 2.05) is 30.3 Å². The predicted molar refractivity (Wildman–Crippen MR) is 116 cm³/mol. The SMILES string of the molecule is CN(C)S(=O)(=O)c1ccc(C(=O)NCc2ccc(-c3nc4ccccc4s3)o2)cc1. The molecule has 9 heteroatoms. The van der Waals surface area contributed by atoms with E-state index in [0.717, 1.165) is 19.5 Å². The number of furan rings is 1. The van der Waals surface area contributed by atoms with Crippen LogP contribution in [0.25, 0.3) is 21.0 Å². The summed E-state index contributed by atoms with van der Waals surface area (Å²) in [5, 5.41) is 3.56. The molecular formula is C21H19N3O4S2. The van der Waals surface area contributed by atoms with Gasteiger partial charge in [0.05, 0.1) is 21.7 Å². The predicted octanol–water partition coefficient (Wildman–Crippen LogP) is 3.74. The lowest BCUT2D eigenvalue weighted by Gasteiger charge is -2.11. The van der Waals surface area contributed by atoms with Crippen LogP contribution in [-0.4, -0.2) is 37.7 Å². The first kappa shape index (κ1) is 20.3. The van der Waals surface area contributed by atoms with E-state index in [1.165, 1.54) is 38.4 Å². The van der Waals surface area contributed by atoms with Crippen LogP contribution in [0.1, 0.15) is 16.1 Å². The van der Waals surface area contributed by atoms with E-state index in [4.69, 9.17) is 4.42 Å². The summed E-state index contributed by atoms with van der Waals surface area (Å²) in [4.78, 5) is 17.1. The lowest BCUT2D eigenvalue weighted by atomic mass is 10.2. The summed E-state index contributed by atoms with van der Waals surface area (Å²) in [6, 6.07) is 17.3. The molecule has 0 saturated heterocycles. The largest absolute Gasteiger partial charge is 0.457 e. The lowest BCUT2D eigenvalue weighted by molar-refractivity contribution is 0.0948. The number of benzene rings is 2. The van der Waals surface area contributed by atoms with Crippen molar-refractivity contribution in [3.05, 3.63) is 72.0 Å². The molecule has 30 heavy (non-hydrogen) atoms. The van der Waals surface area contributed by atoms with Crippen molar-refractivity contribution in [3.8, 4) is 10.8 Å². The van der Waals surface area contributed by atoms with Crippen molar-refractivity contribution in [2.24, 2.45) is 0 Å². The van der Waals surface area contributed by atoms with E-state index in [2.05, 4.69) is 10.3 Å². The molecule has 0 aliphatic rings. The highest BCUT2D eigenvalue weighted by molar-refractivity contribution is 7.89. The van der Waals surface area contributed by atoms with Gasteiger partial charge in [-0.2, -0.15) is 0 Å². The molecule has 0 radical (unpaired) electrons. The van der Waals surface area contributed by atoms with Crippen molar-refractivity contribution in [2.45, 2.75) is 11.4 Å². The van der Waals surface area contributed by atoms with Crippen LogP contribution in [0.2, 0.25) is 0 Å². The number of fused-ring (bicyclic) bond motifs is 1. The van der Waals surface area contributed by atoms with Crippen molar-refractivity contribution in [2.75, 3.05) is 14.1 Å². The Morgan fingerprint density at radius 3 is 2.50 bits per heavy atom. The number of hydrogen-bond donors (Lipinski definition) is 1. The molecule has 4 rings (SSSR count). The molecular weight excluding hydrogens is 422 g/mol. The summed E-state index contributed by atoms with van der Waals surface area (Å²) in [5.74, 6) is 0.935. The fraction of sp³-hybridized carbons (Fsp3) is 0.143. The molecule has 0 bridgehead atoms. The molecule has 0 aliphatic heterocycles. The number of hydrogen-bond acceptors (Lipinski definition) is 6. The van der Waals surface area contributed by atoms with E-state index >= 15 is 0 Å². The molecule has 0 fully saturated rings. The average Bonchev–Trinajstić information content (AvgIpc) is 3.38. The molecule has 7 nitrogen and oxygen atoms in total. The summed E-state index contributed by atoms with van der Waals surface area (Å²) in [6.07, 6.45) is 0. The maximum atomic E-state index is 12.4. The maximum Gasteiger partial charge on any atom is 0.251 e. The van der Waals surface area contributed by atoms with Crippen LogP contribution in [0, 0.1) is 0 Å². The number of thiazole rings is 1. The second kappa shape index (κ2) is 8.02. The Morgan fingerprint density at radius 2 is 1.80 bits per heavy atom. The lowest BCUT2D eigenvalue weighted by Crippen LogP contribution is -2.24. The van der Waals surface area contributed by atoms with Crippen molar-refractivity contribution < 1.29 is 17.6 Å². The summed E-state index contributed by atoms with van der Waals surface area (Å²) in [7, 11) is -0.606. The molecule has 0 unspecified atom stereocenters. The molecule has 1 amide bonds. The van der Waals surface area contributed by atoms with Crippen molar-refractivity contribution in [3.63, 3.8) is 0 Å². The molecule has 0 aliphatic carbocycles. The minimum Gasteiger partial charge on any atom is -0.457 e. The van der Waals surface area contributed by atoms with E-state index in [-0.39, 0.29) is 17.3 Å². The van der Waals surface area contributed by atoms with Gasteiger partial charge in [-0.25, -0.2) is 17.7 Å². The maximum absolute atomic E-state index is 12.4. The zero-order chi connectivity index (χ0) is 21.3. The number of carbonyl (C=O) groups excluding carboxylic acids is 1. The topological polar surface area (TPSA) is 92.5 Å². The fourth-order valence-corrected chi connectivity index (χ4v) is 4.65. The molecule has 0 saturated carbocycles. The normalized spacial score (nSPS) is 11.8. The zero-order valence-corrected chi connectivity index (χ0v) is 18.0. The molecule has 4 aromatic rings. The van der Waals surface area contributed by atoms with Gasteiger partial charge in [-0.15, -0.1) is 11.3 Å². The van der Waals surface area contributed by atoms with Crippen molar-refractivity contribution >= 4 is 37.5 Å². The van der Waals surface area contributed by atoms with Gasteiger partial charge in [-0.3, -0.25) is 4.79 Å². The van der Waals surface area contributed by atoms with Crippen LogP contribution in [0.4, 0.5) is 0 Å². The van der Waals surface area contributed by atoms with Crippen LogP contribution in [0.3, 0.4) is 0 Å². The Kier molecular flexibility index (Phi) is 5.42. The Labute approximate surface area is 178 Å². The number of nitrogens with zero attached hydrogens (tertiary/aromatic N) is 2. The first-order chi connectivity index (χ1) is 14.3. The number of rotatable bonds is 6. The van der Waals surface area contributed by atoms with Gasteiger partial charge in [0.2, 0.25) is 10.0 Å². The summed E-state index contributed by atoms with van der Waals surface area (Å²) >= 11 is 1.55. The van der Waals surface area contributed by atoms with Gasteiger partial charge in [-0.1, -0.05) is 12.1 Å². The van der Waals surface area contributed by atoms with E-state index in [0.29, 0.717) is 17.1 Å². The van der Waals surface area contributed by atoms with Gasteiger partial charge >= 0.3 is 0 Å². The minimum atomic E-state index is -3.53. The highest BCUT2D eigenvalue weighted by Gasteiger charge is 2.17. The van der Waals surface area contributed by atoms with Gasteiger partial charge in [0, 0.05) is 19.7 Å². The smallest absolute Gasteiger partial charge is 0.251 e. The van der Waals surface area contributed by atoms with E-state index < -0.39 is 10.0 Å². The van der Waals surface area contributed by atoms with Crippen molar-refractivity contribution in [1.29, 1.82) is 0 Å². The third-order valence-electron chi connectivity index (χ3n) is 4.48. The van der Waals surface area contributed by atoms with Crippen LogP contribution in [-0.2, 0) is 16.6 Å². The monoisotopic (exact) mass is 441 g/mol. The van der Waals surface area contributed by atoms with Gasteiger partial charge in [0.15, 0.2) is 10.8 Å². The van der Waals surface area contributed by atoms with Crippen LogP contribution < -0.4 is 5.32 Å². The summed E-state index contributed by atoms with van der Waals surface area (Å²) in [5.41, 5.74) is 1.29. The quantitative estimate of drug-likeness (QED) is 0.492. The minimum absolute atomic E-state index is 0.135. The molecule has 0 atom stereocenters. The second-order valence-corrected chi connectivity index (χ2v) is 9.93. The Hall–Kier alpha value is -3.01. The zero-order valence-electron chi connectivity index (χ0n) is 16.3. The summed E-state index contributed by atoms with van der Waals surface area (Å²) in [6.45, 7) is 0.210. The molecule has 0 spiro atoms. The van der Waals surface area contributed by atoms with Crippen LogP contribution in [0.5, 0.6) is 0 Å². The van der Waals surface area contributed by atoms with Gasteiger partial charge in [0.25, 0.3) is 5.91 Å². The third-order valence-corrected chi connectivity index (χ3v) is 7.36. The number of para-hydroxylation sites is 1. The first-order valence-electron chi connectivity index (χ1n) is 9.10. The van der Waals surface area contributed by atoms with E-state index in [1.54, 1.807) is 17.4 Å². The first-order valence-corrected chi connectivity index (χ1v) is 11.4. The number of aromatic nitrogens is 1. The second-order valence-electron chi connectivity index (χ2n) is 6.75. The standard InChI is InChI=1S/C21H19N3O4S2/c1-24(2)30(26,27)16-10-7-14(8-11-16)20(25)22-13-15-9-12-18(28-15)21-23-17-5-3-4-6-19(17)29-21/h3-12H,13H2,1-2H3,(H,22,25). The molecule has 154 valence electrons. The Balaban J connectivity index is 1.42. The fourth-order valence-electron chi connectivity index (χ4n) is 2.82. The number of nitrogens with one attached hydrogen (secondary N) is 1. The number of sulfonamides is 1. The van der Waals surface area contributed by atoms with Gasteiger partial charge in [-0.05, 0) is 48.5 Å². The Bertz CT molecular complexity index is 1270. The van der Waals surface area contributed by atoms with Gasteiger partial charge < -0.3 is 9.73 Å². The molecule has 2 aromatic carbocycles. The summed E-state index contributed by atoms with van der Waals surface area (Å²) < 4.78 is 32.3. The number of amides is 1. The molecule has 2 heterocycles. The van der Waals surface area contributed by atoms with Crippen molar-refractivity contribution in [1.82, 2.24) is 14.6 Å². The van der Waals surface area contributed by atoms with E-state index in [9.17, 15) is 13.2 Å². The number of carbonyl (C=O) groups is 1. The van der Waals surface area contributed by atoms with Crippen LogP contribution in [0.15, 0.2) is 70.0 Å². The highest BCUT2D eigenvalue weighted by atomic mass is 32.2. The van der Waals surface area contributed by atoms with Gasteiger partial charge in [0.1, 0.15) is 5.76 Å². The third kappa shape index (κ3) is 4.00. The van der Waals surface area contributed by atoms with Crippen LogP contribution >= 0.6 is 11.3 Å².